The molecule has 124 valence electrons. The van der Waals surface area contributed by atoms with Gasteiger partial charge < -0.3 is 9.73 Å². The molecule has 1 N–H and O–H groups in total. The molecule has 0 aliphatic carbocycles. The Bertz CT molecular complexity index is 855. The van der Waals surface area contributed by atoms with E-state index < -0.39 is 0 Å². The fourth-order valence-electron chi connectivity index (χ4n) is 2.74. The second kappa shape index (κ2) is 6.43. The molecule has 24 heavy (non-hydrogen) atoms. The molecule has 3 aromatic heterocycles. The Morgan fingerprint density at radius 3 is 2.50 bits per heavy atom. The van der Waals surface area contributed by atoms with Gasteiger partial charge >= 0.3 is 0 Å². The SMILES string of the molecule is Cc1cc(C(C)Nc2nc(-c3ccccn3)nc(C)c2C)c(C)o1. The molecule has 3 rings (SSSR count). The van der Waals surface area contributed by atoms with Gasteiger partial charge in [-0.25, -0.2) is 9.97 Å². The highest BCUT2D eigenvalue weighted by molar-refractivity contribution is 5.56. The summed E-state index contributed by atoms with van der Waals surface area (Å²) in [5, 5.41) is 3.49. The van der Waals surface area contributed by atoms with Crippen LogP contribution in [0.15, 0.2) is 34.9 Å². The number of nitrogens with zero attached hydrogens (tertiary/aromatic N) is 3. The Morgan fingerprint density at radius 2 is 1.88 bits per heavy atom. The van der Waals surface area contributed by atoms with E-state index >= 15 is 0 Å². The molecule has 0 radical (unpaired) electrons. The van der Waals surface area contributed by atoms with E-state index in [1.807, 2.05) is 45.9 Å². The van der Waals surface area contributed by atoms with E-state index in [4.69, 9.17) is 4.42 Å². The maximum absolute atomic E-state index is 5.64. The molecule has 0 saturated carbocycles. The zero-order chi connectivity index (χ0) is 17.3. The van der Waals surface area contributed by atoms with Crippen molar-refractivity contribution in [3.05, 3.63) is 58.8 Å². The fraction of sp³-hybridized carbons (Fsp3) is 0.316. The predicted molar refractivity (Wildman–Crippen MR) is 95.0 cm³/mol. The number of aryl methyl sites for hydroxylation is 3. The zero-order valence-electron chi connectivity index (χ0n) is 14.7. The largest absolute Gasteiger partial charge is 0.466 e. The Hall–Kier alpha value is -2.69. The minimum atomic E-state index is 0.0898. The summed E-state index contributed by atoms with van der Waals surface area (Å²) in [5.41, 5.74) is 3.90. The lowest BCUT2D eigenvalue weighted by molar-refractivity contribution is 0.499. The summed E-state index contributed by atoms with van der Waals surface area (Å²) < 4.78 is 5.64. The summed E-state index contributed by atoms with van der Waals surface area (Å²) in [4.78, 5) is 13.6. The lowest BCUT2D eigenvalue weighted by Crippen LogP contribution is -2.11. The summed E-state index contributed by atoms with van der Waals surface area (Å²) >= 11 is 0. The number of nitrogens with one attached hydrogen (secondary N) is 1. The van der Waals surface area contributed by atoms with Gasteiger partial charge in [-0.2, -0.15) is 0 Å². The molecule has 3 heterocycles. The van der Waals surface area contributed by atoms with Crippen LogP contribution in [-0.4, -0.2) is 15.0 Å². The predicted octanol–water partition coefficient (Wildman–Crippen LogP) is 4.54. The van der Waals surface area contributed by atoms with Crippen LogP contribution >= 0.6 is 0 Å². The van der Waals surface area contributed by atoms with Gasteiger partial charge in [0.1, 0.15) is 23.0 Å². The van der Waals surface area contributed by atoms with Crippen LogP contribution in [0.4, 0.5) is 5.82 Å². The van der Waals surface area contributed by atoms with E-state index in [0.29, 0.717) is 5.82 Å². The molecule has 0 aliphatic heterocycles. The van der Waals surface area contributed by atoms with E-state index in [1.54, 1.807) is 6.20 Å². The monoisotopic (exact) mass is 322 g/mol. The Labute approximate surface area is 142 Å². The Morgan fingerprint density at radius 1 is 1.08 bits per heavy atom. The normalized spacial score (nSPS) is 12.2. The van der Waals surface area contributed by atoms with Gasteiger partial charge in [-0.3, -0.25) is 4.98 Å². The molecule has 0 aromatic carbocycles. The summed E-state index contributed by atoms with van der Waals surface area (Å²) in [5.74, 6) is 3.31. The van der Waals surface area contributed by atoms with Crippen LogP contribution in [0.25, 0.3) is 11.5 Å². The quantitative estimate of drug-likeness (QED) is 0.764. The van der Waals surface area contributed by atoms with E-state index in [9.17, 15) is 0 Å². The van der Waals surface area contributed by atoms with Crippen molar-refractivity contribution >= 4 is 5.82 Å². The fourth-order valence-corrected chi connectivity index (χ4v) is 2.74. The van der Waals surface area contributed by atoms with Crippen molar-refractivity contribution in [2.45, 2.75) is 40.7 Å². The topological polar surface area (TPSA) is 63.8 Å². The summed E-state index contributed by atoms with van der Waals surface area (Å²) in [6.07, 6.45) is 1.75. The van der Waals surface area contributed by atoms with Gasteiger partial charge in [0.25, 0.3) is 0 Å². The molecule has 0 aliphatic rings. The first-order chi connectivity index (χ1) is 11.5. The lowest BCUT2D eigenvalue weighted by atomic mass is 10.1. The number of anilines is 1. The van der Waals surface area contributed by atoms with Crippen molar-refractivity contribution < 1.29 is 4.42 Å². The third kappa shape index (κ3) is 3.15. The van der Waals surface area contributed by atoms with Crippen LogP contribution in [0.2, 0.25) is 0 Å². The van der Waals surface area contributed by atoms with Crippen molar-refractivity contribution in [2.75, 3.05) is 5.32 Å². The van der Waals surface area contributed by atoms with Crippen molar-refractivity contribution in [3.8, 4) is 11.5 Å². The maximum Gasteiger partial charge on any atom is 0.180 e. The number of hydrogen-bond donors (Lipinski definition) is 1. The molecule has 0 bridgehead atoms. The first-order valence-corrected chi connectivity index (χ1v) is 8.06. The number of pyridine rings is 1. The molecule has 0 saturated heterocycles. The van der Waals surface area contributed by atoms with E-state index in [2.05, 4.69) is 33.3 Å². The highest BCUT2D eigenvalue weighted by atomic mass is 16.3. The average Bonchev–Trinajstić information content (AvgIpc) is 2.91. The van der Waals surface area contributed by atoms with Crippen LogP contribution in [0, 0.1) is 27.7 Å². The van der Waals surface area contributed by atoms with E-state index in [1.165, 1.54) is 0 Å². The van der Waals surface area contributed by atoms with Gasteiger partial charge in [0.2, 0.25) is 0 Å². The second-order valence-electron chi connectivity index (χ2n) is 6.06. The minimum Gasteiger partial charge on any atom is -0.466 e. The maximum atomic E-state index is 5.64. The summed E-state index contributed by atoms with van der Waals surface area (Å²) in [6, 6.07) is 7.90. The number of hydrogen-bond acceptors (Lipinski definition) is 5. The van der Waals surface area contributed by atoms with Crippen LogP contribution in [-0.2, 0) is 0 Å². The minimum absolute atomic E-state index is 0.0898. The first-order valence-electron chi connectivity index (χ1n) is 8.06. The van der Waals surface area contributed by atoms with Gasteiger partial charge in [-0.15, -0.1) is 0 Å². The zero-order valence-corrected chi connectivity index (χ0v) is 14.7. The standard InChI is InChI=1S/C19H22N4O/c1-11-10-16(15(5)24-11)14(4)22-18-12(2)13(3)21-19(23-18)17-8-6-7-9-20-17/h6-10,14H,1-5H3,(H,21,22,23). The number of furan rings is 1. The average molecular weight is 322 g/mol. The highest BCUT2D eigenvalue weighted by Crippen LogP contribution is 2.27. The van der Waals surface area contributed by atoms with Crippen molar-refractivity contribution in [1.29, 1.82) is 0 Å². The summed E-state index contributed by atoms with van der Waals surface area (Å²) in [7, 11) is 0. The molecule has 0 amide bonds. The molecule has 5 heteroatoms. The van der Waals surface area contributed by atoms with Crippen molar-refractivity contribution in [3.63, 3.8) is 0 Å². The van der Waals surface area contributed by atoms with Gasteiger partial charge in [0.05, 0.1) is 6.04 Å². The number of aromatic nitrogens is 3. The van der Waals surface area contributed by atoms with Gasteiger partial charge in [0.15, 0.2) is 5.82 Å². The third-order valence-corrected chi connectivity index (χ3v) is 4.18. The Balaban J connectivity index is 1.95. The molecular formula is C19H22N4O. The Kier molecular flexibility index (Phi) is 4.34. The molecule has 3 aromatic rings. The molecule has 0 fully saturated rings. The molecule has 1 atom stereocenters. The smallest absolute Gasteiger partial charge is 0.180 e. The van der Waals surface area contributed by atoms with E-state index in [0.717, 1.165) is 39.9 Å². The third-order valence-electron chi connectivity index (χ3n) is 4.18. The van der Waals surface area contributed by atoms with Crippen LogP contribution < -0.4 is 5.32 Å². The molecule has 1 unspecified atom stereocenters. The first kappa shape index (κ1) is 16.2. The van der Waals surface area contributed by atoms with Crippen LogP contribution in [0.1, 0.15) is 41.3 Å². The molecule has 5 nitrogen and oxygen atoms in total. The van der Waals surface area contributed by atoms with E-state index in [-0.39, 0.29) is 6.04 Å². The van der Waals surface area contributed by atoms with Gasteiger partial charge in [0, 0.05) is 23.0 Å². The second-order valence-corrected chi connectivity index (χ2v) is 6.06. The van der Waals surface area contributed by atoms with Crippen LogP contribution in [0.5, 0.6) is 0 Å². The highest BCUT2D eigenvalue weighted by Gasteiger charge is 2.16. The lowest BCUT2D eigenvalue weighted by Gasteiger charge is -2.17. The molecular weight excluding hydrogens is 300 g/mol. The number of rotatable bonds is 4. The van der Waals surface area contributed by atoms with Crippen molar-refractivity contribution in [2.24, 2.45) is 0 Å². The van der Waals surface area contributed by atoms with Gasteiger partial charge in [-0.05, 0) is 52.8 Å². The molecule has 0 spiro atoms. The van der Waals surface area contributed by atoms with Crippen molar-refractivity contribution in [1.82, 2.24) is 15.0 Å². The summed E-state index contributed by atoms with van der Waals surface area (Å²) in [6.45, 7) is 10.1. The van der Waals surface area contributed by atoms with Gasteiger partial charge in [-0.1, -0.05) is 6.07 Å². The van der Waals surface area contributed by atoms with Crippen LogP contribution in [0.3, 0.4) is 0 Å².